The molecular formula is C25H31FN2O. The fourth-order valence-corrected chi connectivity index (χ4v) is 5.04. The molecule has 154 valence electrons. The van der Waals surface area contributed by atoms with Gasteiger partial charge < -0.3 is 5.32 Å². The first kappa shape index (κ1) is 20.1. The number of amides is 1. The largest absolute Gasteiger partial charge is 0.353 e. The third-order valence-corrected chi connectivity index (χ3v) is 6.68. The van der Waals surface area contributed by atoms with Crippen molar-refractivity contribution in [1.82, 2.24) is 10.2 Å². The molecule has 1 aliphatic heterocycles. The number of benzene rings is 2. The van der Waals surface area contributed by atoms with Crippen molar-refractivity contribution in [2.24, 2.45) is 0 Å². The van der Waals surface area contributed by atoms with E-state index in [9.17, 15) is 9.18 Å². The fraction of sp³-hybridized carbons (Fsp3) is 0.480. The molecule has 2 aromatic carbocycles. The van der Waals surface area contributed by atoms with Crippen LogP contribution in [0.1, 0.15) is 55.2 Å². The van der Waals surface area contributed by atoms with Crippen LogP contribution >= 0.6 is 0 Å². The maximum absolute atomic E-state index is 13.8. The Morgan fingerprint density at radius 1 is 1.10 bits per heavy atom. The predicted molar refractivity (Wildman–Crippen MR) is 114 cm³/mol. The minimum Gasteiger partial charge on any atom is -0.353 e. The number of carbonyl (C=O) groups excluding carboxylic acids is 1. The van der Waals surface area contributed by atoms with E-state index in [0.29, 0.717) is 0 Å². The van der Waals surface area contributed by atoms with Gasteiger partial charge in [-0.3, -0.25) is 9.69 Å². The smallest absolute Gasteiger partial charge is 0.230 e. The lowest BCUT2D eigenvalue weighted by Gasteiger charge is -2.35. The Kier molecular flexibility index (Phi) is 6.00. The molecule has 1 amide bonds. The second-order valence-electron chi connectivity index (χ2n) is 8.81. The molecule has 1 saturated carbocycles. The summed E-state index contributed by atoms with van der Waals surface area (Å²) in [5.74, 6) is -0.163. The van der Waals surface area contributed by atoms with Gasteiger partial charge in [0.05, 0.1) is 5.41 Å². The molecule has 1 saturated heterocycles. The van der Waals surface area contributed by atoms with E-state index in [2.05, 4.69) is 41.4 Å². The van der Waals surface area contributed by atoms with Gasteiger partial charge in [-0.05, 0) is 55.9 Å². The van der Waals surface area contributed by atoms with Crippen LogP contribution in [0.15, 0.2) is 48.5 Å². The van der Waals surface area contributed by atoms with Gasteiger partial charge in [-0.15, -0.1) is 0 Å². The van der Waals surface area contributed by atoms with Gasteiger partial charge in [-0.2, -0.15) is 0 Å². The van der Waals surface area contributed by atoms with Crippen LogP contribution in [0.2, 0.25) is 0 Å². The summed E-state index contributed by atoms with van der Waals surface area (Å²) in [5, 5.41) is 3.33. The van der Waals surface area contributed by atoms with Crippen molar-refractivity contribution in [2.75, 3.05) is 13.1 Å². The summed E-state index contributed by atoms with van der Waals surface area (Å²) in [6, 6.07) is 15.5. The molecule has 0 atom stereocenters. The van der Waals surface area contributed by atoms with Crippen molar-refractivity contribution >= 4 is 5.91 Å². The first-order valence-electron chi connectivity index (χ1n) is 10.9. The van der Waals surface area contributed by atoms with E-state index in [1.165, 1.54) is 17.2 Å². The van der Waals surface area contributed by atoms with Crippen molar-refractivity contribution in [1.29, 1.82) is 0 Å². The van der Waals surface area contributed by atoms with Crippen LogP contribution in [0.3, 0.4) is 0 Å². The maximum Gasteiger partial charge on any atom is 0.230 e. The van der Waals surface area contributed by atoms with Crippen molar-refractivity contribution in [3.05, 3.63) is 71.0 Å². The number of hydrogen-bond acceptors (Lipinski definition) is 2. The van der Waals surface area contributed by atoms with Crippen LogP contribution in [0.25, 0.3) is 0 Å². The average molecular weight is 395 g/mol. The molecule has 1 heterocycles. The maximum atomic E-state index is 13.8. The van der Waals surface area contributed by atoms with Gasteiger partial charge in [0.15, 0.2) is 0 Å². The molecule has 0 radical (unpaired) electrons. The number of nitrogens with one attached hydrogen (secondary N) is 1. The molecule has 0 bridgehead atoms. The van der Waals surface area contributed by atoms with Gasteiger partial charge in [0.1, 0.15) is 5.82 Å². The van der Waals surface area contributed by atoms with E-state index < -0.39 is 5.41 Å². The molecule has 29 heavy (non-hydrogen) atoms. The number of rotatable bonds is 5. The molecule has 0 aromatic heterocycles. The second kappa shape index (κ2) is 8.66. The molecule has 4 heteroatoms. The van der Waals surface area contributed by atoms with Crippen molar-refractivity contribution in [3.8, 4) is 0 Å². The van der Waals surface area contributed by atoms with Gasteiger partial charge in [0.2, 0.25) is 5.91 Å². The summed E-state index contributed by atoms with van der Waals surface area (Å²) in [5.41, 5.74) is 2.93. The topological polar surface area (TPSA) is 32.3 Å². The van der Waals surface area contributed by atoms with E-state index in [-0.39, 0.29) is 17.8 Å². The van der Waals surface area contributed by atoms with Gasteiger partial charge in [-0.1, -0.05) is 54.8 Å². The minimum atomic E-state index is -0.555. The Morgan fingerprint density at radius 3 is 2.52 bits per heavy atom. The third-order valence-electron chi connectivity index (χ3n) is 6.68. The van der Waals surface area contributed by atoms with Crippen LogP contribution in [-0.2, 0) is 16.8 Å². The molecule has 2 fully saturated rings. The molecule has 0 unspecified atom stereocenters. The lowest BCUT2D eigenvalue weighted by atomic mass is 9.77. The number of hydrogen-bond donors (Lipinski definition) is 1. The lowest BCUT2D eigenvalue weighted by molar-refractivity contribution is -0.127. The number of aryl methyl sites for hydroxylation is 1. The minimum absolute atomic E-state index is 0.0951. The van der Waals surface area contributed by atoms with Gasteiger partial charge in [-0.25, -0.2) is 4.39 Å². The van der Waals surface area contributed by atoms with Crippen LogP contribution < -0.4 is 5.32 Å². The number of carbonyl (C=O) groups is 1. The van der Waals surface area contributed by atoms with E-state index >= 15 is 0 Å². The predicted octanol–water partition coefficient (Wildman–Crippen LogP) is 4.73. The summed E-state index contributed by atoms with van der Waals surface area (Å²) in [6.45, 7) is 5.08. The molecule has 0 spiro atoms. The average Bonchev–Trinajstić information content (AvgIpc) is 3.21. The highest BCUT2D eigenvalue weighted by atomic mass is 19.1. The first-order chi connectivity index (χ1) is 14.0. The SMILES string of the molecule is Cc1cccc(CN2CCC(NC(=O)C3(c4cccc(F)c4)CCCC3)CC2)c1. The molecule has 1 N–H and O–H groups in total. The first-order valence-corrected chi connectivity index (χ1v) is 10.9. The quantitative estimate of drug-likeness (QED) is 0.795. The summed E-state index contributed by atoms with van der Waals surface area (Å²) in [7, 11) is 0. The highest BCUT2D eigenvalue weighted by Gasteiger charge is 2.43. The van der Waals surface area contributed by atoms with Crippen LogP contribution in [0.5, 0.6) is 0 Å². The van der Waals surface area contributed by atoms with E-state index in [0.717, 1.165) is 63.7 Å². The van der Waals surface area contributed by atoms with E-state index in [4.69, 9.17) is 0 Å². The second-order valence-corrected chi connectivity index (χ2v) is 8.81. The zero-order chi connectivity index (χ0) is 20.3. The molecule has 4 rings (SSSR count). The summed E-state index contributed by atoms with van der Waals surface area (Å²) in [4.78, 5) is 15.8. The van der Waals surface area contributed by atoms with Crippen LogP contribution in [0, 0.1) is 12.7 Å². The Labute approximate surface area is 173 Å². The Morgan fingerprint density at radius 2 is 1.83 bits per heavy atom. The molecule has 2 aromatic rings. The van der Waals surface area contributed by atoms with E-state index in [1.807, 2.05) is 6.07 Å². The van der Waals surface area contributed by atoms with Gasteiger partial charge in [0.25, 0.3) is 0 Å². The normalized spacial score (nSPS) is 19.9. The summed E-state index contributed by atoms with van der Waals surface area (Å²) < 4.78 is 13.8. The summed E-state index contributed by atoms with van der Waals surface area (Å²) in [6.07, 6.45) is 5.62. The Bertz CT molecular complexity index is 851. The lowest BCUT2D eigenvalue weighted by Crippen LogP contribution is -2.50. The van der Waals surface area contributed by atoms with Crippen LogP contribution in [-0.4, -0.2) is 29.9 Å². The number of likely N-dealkylation sites (tertiary alicyclic amines) is 1. The third kappa shape index (κ3) is 4.53. The number of piperidine rings is 1. The summed E-state index contributed by atoms with van der Waals surface area (Å²) >= 11 is 0. The Hall–Kier alpha value is -2.20. The molecule has 3 nitrogen and oxygen atoms in total. The van der Waals surface area contributed by atoms with E-state index in [1.54, 1.807) is 12.1 Å². The highest BCUT2D eigenvalue weighted by molar-refractivity contribution is 5.88. The van der Waals surface area contributed by atoms with Crippen molar-refractivity contribution in [2.45, 2.75) is 63.5 Å². The number of nitrogens with zero attached hydrogens (tertiary/aromatic N) is 1. The van der Waals surface area contributed by atoms with Crippen LogP contribution in [0.4, 0.5) is 4.39 Å². The standard InChI is InChI=1S/C25H31FN2O/c1-19-6-4-7-20(16-19)18-28-14-10-23(11-15-28)27-24(29)25(12-2-3-13-25)21-8-5-9-22(26)17-21/h4-9,16-17,23H,2-3,10-15,18H2,1H3,(H,27,29). The molecule has 2 aliphatic rings. The van der Waals surface area contributed by atoms with Crippen molar-refractivity contribution < 1.29 is 9.18 Å². The van der Waals surface area contributed by atoms with Crippen molar-refractivity contribution in [3.63, 3.8) is 0 Å². The Balaban J connectivity index is 1.36. The zero-order valence-corrected chi connectivity index (χ0v) is 17.3. The fourth-order valence-electron chi connectivity index (χ4n) is 5.04. The highest BCUT2D eigenvalue weighted by Crippen LogP contribution is 2.41. The van der Waals surface area contributed by atoms with Gasteiger partial charge in [0, 0.05) is 25.7 Å². The monoisotopic (exact) mass is 394 g/mol. The van der Waals surface area contributed by atoms with Gasteiger partial charge >= 0.3 is 0 Å². The molecular weight excluding hydrogens is 363 g/mol. The number of halogens is 1. The molecule has 1 aliphatic carbocycles. The zero-order valence-electron chi connectivity index (χ0n) is 17.3.